The van der Waals surface area contributed by atoms with E-state index in [2.05, 4.69) is 4.90 Å². The summed E-state index contributed by atoms with van der Waals surface area (Å²) in [6, 6.07) is 0. The van der Waals surface area contributed by atoms with Crippen LogP contribution in [-0.2, 0) is 4.74 Å². The van der Waals surface area contributed by atoms with E-state index in [4.69, 9.17) is 16.3 Å². The number of piperidine rings is 1. The summed E-state index contributed by atoms with van der Waals surface area (Å²) < 4.78 is 5.40. The van der Waals surface area contributed by atoms with Gasteiger partial charge in [-0.25, -0.2) is 0 Å². The smallest absolute Gasteiger partial charge is 0.0468 e. The Bertz CT molecular complexity index is 211. The van der Waals surface area contributed by atoms with Crippen LogP contribution in [0.1, 0.15) is 44.9 Å². The minimum absolute atomic E-state index is 0.783. The molecule has 0 aliphatic carbocycles. The van der Waals surface area contributed by atoms with Crippen LogP contribution in [0.3, 0.4) is 0 Å². The number of ether oxygens (including phenoxy) is 1. The Morgan fingerprint density at radius 1 is 0.944 bits per heavy atom. The summed E-state index contributed by atoms with van der Waals surface area (Å²) in [6.07, 6.45) is 9.40. The Hall–Kier alpha value is 0.210. The number of unbranched alkanes of at least 4 members (excludes halogenated alkanes) is 1. The van der Waals surface area contributed by atoms with E-state index in [1.54, 1.807) is 0 Å². The third-order valence-corrected chi connectivity index (χ3v) is 5.04. The highest BCUT2D eigenvalue weighted by Gasteiger charge is 2.18. The van der Waals surface area contributed by atoms with E-state index in [0.717, 1.165) is 30.9 Å². The molecule has 18 heavy (non-hydrogen) atoms. The number of halogens is 1. The number of hydrogen-bond acceptors (Lipinski definition) is 2. The molecular formula is C15H28ClNO. The highest BCUT2D eigenvalue weighted by atomic mass is 35.5. The first-order valence-corrected chi connectivity index (χ1v) is 8.28. The molecule has 3 heteroatoms. The van der Waals surface area contributed by atoms with Gasteiger partial charge < -0.3 is 9.64 Å². The molecule has 0 aromatic rings. The molecular weight excluding hydrogens is 246 g/mol. The van der Waals surface area contributed by atoms with Crippen LogP contribution in [0.5, 0.6) is 0 Å². The van der Waals surface area contributed by atoms with Crippen molar-refractivity contribution in [3.8, 4) is 0 Å². The van der Waals surface area contributed by atoms with Gasteiger partial charge in [0, 0.05) is 19.1 Å². The highest BCUT2D eigenvalue weighted by Crippen LogP contribution is 2.22. The Labute approximate surface area is 117 Å². The van der Waals surface area contributed by atoms with Gasteiger partial charge >= 0.3 is 0 Å². The van der Waals surface area contributed by atoms with Gasteiger partial charge in [-0.3, -0.25) is 0 Å². The van der Waals surface area contributed by atoms with Crippen LogP contribution >= 0.6 is 11.6 Å². The molecule has 0 radical (unpaired) electrons. The topological polar surface area (TPSA) is 12.5 Å². The van der Waals surface area contributed by atoms with Gasteiger partial charge in [-0.05, 0) is 63.6 Å². The summed E-state index contributed by atoms with van der Waals surface area (Å²) in [7, 11) is 0. The van der Waals surface area contributed by atoms with Crippen molar-refractivity contribution in [2.75, 3.05) is 38.7 Å². The van der Waals surface area contributed by atoms with Crippen LogP contribution in [0, 0.1) is 11.8 Å². The average molecular weight is 274 g/mol. The van der Waals surface area contributed by atoms with Gasteiger partial charge in [-0.15, -0.1) is 11.6 Å². The molecule has 0 bridgehead atoms. The molecule has 2 rings (SSSR count). The number of nitrogens with zero attached hydrogens (tertiary/aromatic N) is 1. The maximum Gasteiger partial charge on any atom is 0.0468 e. The summed E-state index contributed by atoms with van der Waals surface area (Å²) in [5.74, 6) is 2.59. The quantitative estimate of drug-likeness (QED) is 0.542. The molecule has 0 aromatic heterocycles. The van der Waals surface area contributed by atoms with E-state index >= 15 is 0 Å². The zero-order valence-corrected chi connectivity index (χ0v) is 12.3. The molecule has 0 aromatic carbocycles. The van der Waals surface area contributed by atoms with Crippen LogP contribution in [0.4, 0.5) is 0 Å². The lowest BCUT2D eigenvalue weighted by atomic mass is 9.94. The SMILES string of the molecule is ClCC1CCN(CCCCC2CCOCC2)CC1. The summed E-state index contributed by atoms with van der Waals surface area (Å²) in [6.45, 7) is 5.84. The van der Waals surface area contributed by atoms with Gasteiger partial charge in [0.25, 0.3) is 0 Å². The Morgan fingerprint density at radius 2 is 1.67 bits per heavy atom. The summed E-state index contributed by atoms with van der Waals surface area (Å²) in [4.78, 5) is 2.63. The van der Waals surface area contributed by atoms with Crippen molar-refractivity contribution in [3.63, 3.8) is 0 Å². The van der Waals surface area contributed by atoms with E-state index in [-0.39, 0.29) is 0 Å². The van der Waals surface area contributed by atoms with Crippen molar-refractivity contribution in [2.45, 2.75) is 44.9 Å². The van der Waals surface area contributed by atoms with Crippen molar-refractivity contribution in [3.05, 3.63) is 0 Å². The Balaban J connectivity index is 1.48. The Morgan fingerprint density at radius 3 is 2.33 bits per heavy atom. The van der Waals surface area contributed by atoms with Crippen molar-refractivity contribution in [1.82, 2.24) is 4.90 Å². The molecule has 2 aliphatic heterocycles. The zero-order valence-electron chi connectivity index (χ0n) is 11.6. The lowest BCUT2D eigenvalue weighted by Crippen LogP contribution is -2.34. The number of rotatable bonds is 6. The van der Waals surface area contributed by atoms with Gasteiger partial charge in [-0.1, -0.05) is 12.8 Å². The van der Waals surface area contributed by atoms with Crippen LogP contribution in [-0.4, -0.2) is 43.6 Å². The fourth-order valence-corrected chi connectivity index (χ4v) is 3.48. The molecule has 106 valence electrons. The molecule has 2 heterocycles. The van der Waals surface area contributed by atoms with Gasteiger partial charge in [0.2, 0.25) is 0 Å². The minimum atomic E-state index is 0.783. The van der Waals surface area contributed by atoms with E-state index in [1.807, 2.05) is 0 Å². The largest absolute Gasteiger partial charge is 0.381 e. The molecule has 2 fully saturated rings. The predicted molar refractivity (Wildman–Crippen MR) is 77.3 cm³/mol. The first kappa shape index (κ1) is 14.6. The first-order chi connectivity index (χ1) is 8.88. The van der Waals surface area contributed by atoms with E-state index in [1.165, 1.54) is 64.6 Å². The van der Waals surface area contributed by atoms with Gasteiger partial charge in [-0.2, -0.15) is 0 Å². The molecule has 0 atom stereocenters. The first-order valence-electron chi connectivity index (χ1n) is 7.74. The lowest BCUT2D eigenvalue weighted by molar-refractivity contribution is 0.0627. The van der Waals surface area contributed by atoms with Gasteiger partial charge in [0.05, 0.1) is 0 Å². The van der Waals surface area contributed by atoms with E-state index < -0.39 is 0 Å². The molecule has 0 N–H and O–H groups in total. The zero-order chi connectivity index (χ0) is 12.6. The maximum atomic E-state index is 5.91. The van der Waals surface area contributed by atoms with E-state index in [0.29, 0.717) is 0 Å². The fraction of sp³-hybridized carbons (Fsp3) is 1.00. The number of alkyl halides is 1. The van der Waals surface area contributed by atoms with Crippen molar-refractivity contribution < 1.29 is 4.74 Å². The van der Waals surface area contributed by atoms with Crippen LogP contribution in [0.15, 0.2) is 0 Å². The fourth-order valence-electron chi connectivity index (χ4n) is 3.17. The Kier molecular flexibility index (Phi) is 6.82. The molecule has 2 nitrogen and oxygen atoms in total. The van der Waals surface area contributed by atoms with Crippen molar-refractivity contribution >= 4 is 11.6 Å². The van der Waals surface area contributed by atoms with Crippen molar-refractivity contribution in [1.29, 1.82) is 0 Å². The second kappa shape index (κ2) is 8.39. The normalized spacial score (nSPS) is 24.5. The van der Waals surface area contributed by atoms with Crippen molar-refractivity contribution in [2.24, 2.45) is 11.8 Å². The maximum absolute atomic E-state index is 5.91. The second-order valence-corrected chi connectivity index (χ2v) is 6.30. The monoisotopic (exact) mass is 273 g/mol. The van der Waals surface area contributed by atoms with E-state index in [9.17, 15) is 0 Å². The molecule has 0 saturated carbocycles. The molecule has 0 amide bonds. The lowest BCUT2D eigenvalue weighted by Gasteiger charge is -2.31. The van der Waals surface area contributed by atoms with Crippen LogP contribution < -0.4 is 0 Å². The predicted octanol–water partition coefficient (Wildman–Crippen LogP) is 3.53. The minimum Gasteiger partial charge on any atom is -0.381 e. The number of hydrogen-bond donors (Lipinski definition) is 0. The van der Waals surface area contributed by atoms with Gasteiger partial charge in [0.1, 0.15) is 0 Å². The standard InChI is InChI=1S/C15H28ClNO/c16-13-15-4-9-17(10-5-15)8-2-1-3-14-6-11-18-12-7-14/h14-15H,1-13H2. The third-order valence-electron chi connectivity index (χ3n) is 4.60. The summed E-state index contributed by atoms with van der Waals surface area (Å²) in [5.41, 5.74) is 0. The second-order valence-electron chi connectivity index (χ2n) is 5.99. The summed E-state index contributed by atoms with van der Waals surface area (Å²) in [5, 5.41) is 0. The highest BCUT2D eigenvalue weighted by molar-refractivity contribution is 6.18. The molecule has 0 unspecified atom stereocenters. The number of likely N-dealkylation sites (tertiary alicyclic amines) is 1. The molecule has 2 saturated heterocycles. The molecule has 2 aliphatic rings. The third kappa shape index (κ3) is 5.07. The van der Waals surface area contributed by atoms with Crippen LogP contribution in [0.25, 0.3) is 0 Å². The average Bonchev–Trinajstić information content (AvgIpc) is 2.45. The molecule has 0 spiro atoms. The van der Waals surface area contributed by atoms with Crippen LogP contribution in [0.2, 0.25) is 0 Å². The van der Waals surface area contributed by atoms with Gasteiger partial charge in [0.15, 0.2) is 0 Å². The summed E-state index contributed by atoms with van der Waals surface area (Å²) >= 11 is 5.91.